The van der Waals surface area contributed by atoms with Crippen LogP contribution in [0.5, 0.6) is 0 Å². The number of fused-ring (bicyclic) bond motifs is 1. The monoisotopic (exact) mass is 493 g/mol. The Morgan fingerprint density at radius 1 is 1.29 bits per heavy atom. The maximum absolute atomic E-state index is 13.1. The fourth-order valence-corrected chi connectivity index (χ4v) is 4.57. The zero-order valence-electron chi connectivity index (χ0n) is 21.4. The molecule has 1 aromatic heterocycles. The van der Waals surface area contributed by atoms with E-state index in [1.165, 1.54) is 13.0 Å². The number of amides is 2. The molecule has 35 heavy (non-hydrogen) atoms. The van der Waals surface area contributed by atoms with Crippen LogP contribution in [-0.2, 0) is 22.5 Å². The first-order valence-electron chi connectivity index (χ1n) is 12.2. The molecule has 0 spiro atoms. The van der Waals surface area contributed by atoms with Gasteiger partial charge in [-0.15, -0.1) is 0 Å². The van der Waals surface area contributed by atoms with Gasteiger partial charge in [-0.3, -0.25) is 9.48 Å². The van der Waals surface area contributed by atoms with E-state index in [0.29, 0.717) is 50.7 Å². The molecule has 8 nitrogen and oxygen atoms in total. The Labute approximate surface area is 206 Å². The number of halogens is 2. The summed E-state index contributed by atoms with van der Waals surface area (Å²) in [4.78, 5) is 29.2. The lowest BCUT2D eigenvalue weighted by molar-refractivity contribution is -0.118. The van der Waals surface area contributed by atoms with Crippen LogP contribution >= 0.6 is 0 Å². The second-order valence-electron chi connectivity index (χ2n) is 10.1. The smallest absolute Gasteiger partial charge is 0.410 e. The van der Waals surface area contributed by atoms with Crippen molar-refractivity contribution in [1.29, 1.82) is 0 Å². The molecule has 10 heteroatoms. The van der Waals surface area contributed by atoms with E-state index in [1.54, 1.807) is 9.80 Å². The lowest BCUT2D eigenvalue weighted by atomic mass is 10.0. The van der Waals surface area contributed by atoms with Gasteiger partial charge >= 0.3 is 6.09 Å². The van der Waals surface area contributed by atoms with Crippen molar-refractivity contribution in [2.75, 3.05) is 31.1 Å². The van der Waals surface area contributed by atoms with Crippen molar-refractivity contribution in [2.24, 2.45) is 0 Å². The van der Waals surface area contributed by atoms with E-state index in [9.17, 15) is 18.4 Å². The maximum atomic E-state index is 13.1. The third-order valence-electron chi connectivity index (χ3n) is 6.36. The molecular weight excluding hydrogens is 456 g/mol. The van der Waals surface area contributed by atoms with Gasteiger partial charge in [0.2, 0.25) is 6.41 Å². The average molecular weight is 494 g/mol. The topological polar surface area (TPSA) is 70.9 Å². The number of ether oxygens (including phenoxy) is 1. The van der Waals surface area contributed by atoms with Gasteiger partial charge in [-0.25, -0.2) is 13.6 Å². The Hall–Kier alpha value is -2.91. The van der Waals surface area contributed by atoms with Gasteiger partial charge in [-0.05, 0) is 59.1 Å². The molecule has 2 aliphatic rings. The number of aromatic nitrogens is 2. The highest BCUT2D eigenvalue weighted by Gasteiger charge is 2.33. The predicted octanol–water partition coefficient (Wildman–Crippen LogP) is 4.52. The van der Waals surface area contributed by atoms with Crippen LogP contribution in [0.1, 0.15) is 64.8 Å². The van der Waals surface area contributed by atoms with Crippen molar-refractivity contribution in [3.05, 3.63) is 35.2 Å². The standard InChI is InChI=1S/C25H37F2N5O3/c1-7-31(18(3)14-17(2)22(26)27)23-20-15-29(16-33)11-10-21(20)32(28-23)19-8-12-30(13-9-19)24(34)35-25(4,5)6/h14,16,19,22H,3,7-13,15H2,1-2,4-6H3/b17-14+. The van der Waals surface area contributed by atoms with Crippen LogP contribution in [0.15, 0.2) is 23.9 Å². The van der Waals surface area contributed by atoms with Gasteiger partial charge in [0.15, 0.2) is 5.82 Å². The third-order valence-corrected chi connectivity index (χ3v) is 6.36. The number of nitrogens with zero attached hydrogens (tertiary/aromatic N) is 5. The Kier molecular flexibility index (Phi) is 8.22. The van der Waals surface area contributed by atoms with Gasteiger partial charge in [0.05, 0.1) is 12.6 Å². The summed E-state index contributed by atoms with van der Waals surface area (Å²) in [5.41, 5.74) is 1.79. The molecule has 1 saturated heterocycles. The van der Waals surface area contributed by atoms with E-state index in [-0.39, 0.29) is 17.7 Å². The fraction of sp³-hybridized carbons (Fsp3) is 0.640. The number of allylic oxidation sites excluding steroid dienone is 2. The van der Waals surface area contributed by atoms with Gasteiger partial charge in [0, 0.05) is 49.6 Å². The molecule has 3 rings (SSSR count). The molecule has 0 unspecified atom stereocenters. The number of carbonyl (C=O) groups excluding carboxylic acids is 2. The number of hydrogen-bond donors (Lipinski definition) is 0. The van der Waals surface area contributed by atoms with E-state index >= 15 is 0 Å². The molecule has 0 aromatic carbocycles. The van der Waals surface area contributed by atoms with Crippen molar-refractivity contribution < 1.29 is 23.1 Å². The van der Waals surface area contributed by atoms with Crippen LogP contribution in [0, 0.1) is 0 Å². The highest BCUT2D eigenvalue weighted by atomic mass is 19.3. The molecule has 0 aliphatic carbocycles. The first kappa shape index (κ1) is 26.7. The second kappa shape index (κ2) is 10.8. The molecule has 0 saturated carbocycles. The third kappa shape index (κ3) is 6.21. The van der Waals surface area contributed by atoms with Crippen LogP contribution in [0.4, 0.5) is 19.4 Å². The molecule has 0 radical (unpaired) electrons. The molecule has 1 fully saturated rings. The Morgan fingerprint density at radius 3 is 2.49 bits per heavy atom. The normalized spacial score (nSPS) is 17.4. The highest BCUT2D eigenvalue weighted by molar-refractivity contribution is 5.68. The summed E-state index contributed by atoms with van der Waals surface area (Å²) in [6.45, 7) is 15.5. The summed E-state index contributed by atoms with van der Waals surface area (Å²) in [5, 5.41) is 4.95. The van der Waals surface area contributed by atoms with Crippen LogP contribution in [0.3, 0.4) is 0 Å². The second-order valence-corrected chi connectivity index (χ2v) is 10.1. The van der Waals surface area contributed by atoms with Crippen molar-refractivity contribution in [2.45, 2.75) is 78.5 Å². The van der Waals surface area contributed by atoms with Crippen molar-refractivity contribution in [3.8, 4) is 0 Å². The summed E-state index contributed by atoms with van der Waals surface area (Å²) in [6.07, 6.45) is 1.45. The minimum Gasteiger partial charge on any atom is -0.444 e. The van der Waals surface area contributed by atoms with E-state index in [4.69, 9.17) is 9.84 Å². The molecule has 194 valence electrons. The van der Waals surface area contributed by atoms with Crippen LogP contribution in [0.25, 0.3) is 0 Å². The van der Waals surface area contributed by atoms with Gasteiger partial charge in [-0.1, -0.05) is 6.58 Å². The Balaban J connectivity index is 1.88. The average Bonchev–Trinajstić information content (AvgIpc) is 3.17. The first-order chi connectivity index (χ1) is 16.4. The minimum atomic E-state index is -2.56. The predicted molar refractivity (Wildman–Crippen MR) is 130 cm³/mol. The minimum absolute atomic E-state index is 0.0641. The highest BCUT2D eigenvalue weighted by Crippen LogP contribution is 2.35. The molecule has 0 bridgehead atoms. The lowest BCUT2D eigenvalue weighted by Gasteiger charge is -2.34. The van der Waals surface area contributed by atoms with Gasteiger partial charge in [0.1, 0.15) is 5.60 Å². The number of piperidine rings is 1. The Bertz CT molecular complexity index is 974. The molecule has 2 amide bonds. The number of likely N-dealkylation sites (tertiary alicyclic amines) is 1. The summed E-state index contributed by atoms with van der Waals surface area (Å²) in [7, 11) is 0. The van der Waals surface area contributed by atoms with Gasteiger partial charge < -0.3 is 19.4 Å². The molecule has 2 aliphatic heterocycles. The van der Waals surface area contributed by atoms with Crippen LogP contribution < -0.4 is 4.90 Å². The zero-order valence-corrected chi connectivity index (χ0v) is 21.4. The maximum Gasteiger partial charge on any atom is 0.410 e. The van der Waals surface area contributed by atoms with E-state index < -0.39 is 12.0 Å². The van der Waals surface area contributed by atoms with E-state index in [2.05, 4.69) is 6.58 Å². The summed E-state index contributed by atoms with van der Waals surface area (Å²) in [6, 6.07) is 0.0873. The number of likely N-dealkylation sites (N-methyl/N-ethyl adjacent to an activating group) is 1. The van der Waals surface area contributed by atoms with E-state index in [1.807, 2.05) is 37.3 Å². The number of carbonyl (C=O) groups is 2. The molecule has 1 aromatic rings. The Morgan fingerprint density at radius 2 is 1.94 bits per heavy atom. The molecule has 0 atom stereocenters. The molecule has 0 N–H and O–H groups in total. The van der Waals surface area contributed by atoms with Crippen molar-refractivity contribution in [3.63, 3.8) is 0 Å². The summed E-state index contributed by atoms with van der Waals surface area (Å²) in [5.74, 6) is 0.645. The summed E-state index contributed by atoms with van der Waals surface area (Å²) < 4.78 is 33.8. The largest absolute Gasteiger partial charge is 0.444 e. The lowest BCUT2D eigenvalue weighted by Crippen LogP contribution is -2.42. The fourth-order valence-electron chi connectivity index (χ4n) is 4.57. The first-order valence-corrected chi connectivity index (χ1v) is 12.2. The number of anilines is 1. The zero-order chi connectivity index (χ0) is 25.9. The van der Waals surface area contributed by atoms with Crippen LogP contribution in [-0.4, -0.2) is 70.3 Å². The van der Waals surface area contributed by atoms with Gasteiger partial charge in [0.25, 0.3) is 6.43 Å². The molecule has 3 heterocycles. The van der Waals surface area contributed by atoms with Crippen molar-refractivity contribution >= 4 is 18.3 Å². The van der Waals surface area contributed by atoms with E-state index in [0.717, 1.165) is 30.5 Å². The number of rotatable bonds is 7. The quantitative estimate of drug-likeness (QED) is 0.413. The van der Waals surface area contributed by atoms with Gasteiger partial charge in [-0.2, -0.15) is 5.10 Å². The SMILES string of the molecule is C=C(/C=C(\C)C(F)F)N(CC)c1nn(C2CCN(C(=O)OC(C)(C)C)CC2)c2c1CN(C=O)CC2. The van der Waals surface area contributed by atoms with Crippen molar-refractivity contribution in [1.82, 2.24) is 19.6 Å². The summed E-state index contributed by atoms with van der Waals surface area (Å²) >= 11 is 0. The number of hydrogen-bond acceptors (Lipinski definition) is 5. The molecular formula is C25H37F2N5O3. The van der Waals surface area contributed by atoms with Crippen LogP contribution in [0.2, 0.25) is 0 Å². The number of alkyl halides is 2.